The lowest BCUT2D eigenvalue weighted by molar-refractivity contribution is -0.250. The van der Waals surface area contributed by atoms with Crippen LogP contribution in [0.1, 0.15) is 221 Å². The van der Waals surface area contributed by atoms with Crippen molar-refractivity contribution in [3.63, 3.8) is 0 Å². The van der Waals surface area contributed by atoms with E-state index in [0.717, 1.165) is 50.5 Å². The van der Waals surface area contributed by atoms with Crippen LogP contribution in [-0.2, 0) is 70.4 Å². The van der Waals surface area contributed by atoms with Gasteiger partial charge in [-0.15, -0.1) is 5.10 Å². The fourth-order valence-corrected chi connectivity index (χ4v) is 21.1. The standard InChI is InChI=1S/C85H151N35O14/c1-46(2)48-28-33-85(72(132)133)35-34-83(6)49(63(48)85)25-26-59-82(5)31-30-60(81(3,4)58(82)29-32-84(59,83)7)134-62(122)27-24-47-44-120(119-118-47)45-61(121)110-50(16-8-36-102-73(86)87)64(123)111-51(17-9-37-103-74(88)89)65(124)112-52(18-10-38-104-75(90)91)66(125)113-53(19-11-39-105-76(92)93)67(126)114-54(20-12-40-106-77(94)95)68(127)115-55(21-13-41-107-78(96)97)69(128)116-56(22-14-42-108-79(98)99)70(129)117-57(71(130)131)23-15-43-109-80(100)101/h44,48-60,63H,1,8-43,45H2,2-7H3,(H,110,121)(H,111,123)(H,112,124)(H,113,125)(H,114,126)(H,115,127)(H,116,128)(H,117,129)(H,130,131)(H,132,133)(H4,86,87,102)(H4,88,89,103)(H4,90,91,104)(H4,92,93,105)(H4,94,95,106)(H4,96,97,107)(H4,98,99,108)(H4,100,101,109)/t48-,49+,50-,51-,52-,53-,54-,55-,56-,57-,58-,59+,60-,63+,82-,83+,84+,85-/m0/s1. The Morgan fingerprint density at radius 1 is 0.425 bits per heavy atom. The van der Waals surface area contributed by atoms with Gasteiger partial charge in [-0.25, -0.2) is 9.48 Å². The van der Waals surface area contributed by atoms with Gasteiger partial charge in [-0.3, -0.25) is 87.9 Å². The van der Waals surface area contributed by atoms with Crippen molar-refractivity contribution in [3.8, 4) is 0 Å². The summed E-state index contributed by atoms with van der Waals surface area (Å²) in [5, 5.41) is 50.6. The monoisotopic (exact) mass is 1890 g/mol. The van der Waals surface area contributed by atoms with E-state index in [0.29, 0.717) is 30.9 Å². The van der Waals surface area contributed by atoms with Gasteiger partial charge < -0.3 is 149 Å². The Hall–Kier alpha value is -12.8. The van der Waals surface area contributed by atoms with E-state index in [1.165, 1.54) is 10.9 Å². The molecule has 1 aromatic rings. The van der Waals surface area contributed by atoms with Crippen molar-refractivity contribution >= 4 is 113 Å². The number of fused-ring (bicyclic) bond motifs is 7. The first-order valence-electron chi connectivity index (χ1n) is 46.1. The van der Waals surface area contributed by atoms with Crippen LogP contribution < -0.4 is 134 Å². The number of aromatic nitrogens is 3. The molecule has 5 saturated carbocycles. The number of carboxylic acids is 2. The van der Waals surface area contributed by atoms with E-state index in [4.69, 9.17) is 96.5 Å². The predicted octanol–water partition coefficient (Wildman–Crippen LogP) is -4.74. The number of hydrogen-bond donors (Lipinski definition) is 26. The van der Waals surface area contributed by atoms with E-state index in [1.807, 2.05) is 0 Å². The van der Waals surface area contributed by atoms with Crippen molar-refractivity contribution < 1.29 is 67.7 Å². The number of amides is 8. The maximum Gasteiger partial charge on any atom is 0.326 e. The molecule has 1 aromatic heterocycles. The van der Waals surface area contributed by atoms with Gasteiger partial charge in [0.1, 0.15) is 61.0 Å². The number of carbonyl (C=O) groups excluding carboxylic acids is 9. The summed E-state index contributed by atoms with van der Waals surface area (Å²) in [5.74, 6) is -11.0. The van der Waals surface area contributed by atoms with Gasteiger partial charge in [0.05, 0.1) is 17.5 Å². The largest absolute Gasteiger partial charge is 0.481 e. The molecule has 0 spiro atoms. The van der Waals surface area contributed by atoms with Crippen LogP contribution >= 0.6 is 0 Å². The molecule has 0 bridgehead atoms. The number of nitrogens with two attached hydrogens (primary N) is 16. The van der Waals surface area contributed by atoms with Gasteiger partial charge in [0.2, 0.25) is 47.3 Å². The second-order valence-electron chi connectivity index (χ2n) is 37.4. The van der Waals surface area contributed by atoms with Crippen LogP contribution in [0.5, 0.6) is 0 Å². The number of carbonyl (C=O) groups is 11. The maximum absolute atomic E-state index is 15.1. The molecule has 5 aliphatic carbocycles. The summed E-state index contributed by atoms with van der Waals surface area (Å²) >= 11 is 0. The SMILES string of the molecule is C=C(C)[C@@H]1CC[C@]2(C(=O)O)CC[C@]3(C)[C@H](CC[C@@H]4[C@@]5(C)CC[C@H](OC(=O)CCc6cn(CC(=O)N[C@@H](CCCN=C(N)N)C(=O)N[C@@H](CCCN=C(N)N)C(=O)N[C@@H](CCCN=C(N)N)C(=O)N[C@@H](CCCN=C(N)N)C(=O)N[C@@H](CCCN=C(N)N)C(=O)N[C@@H](CCCN=C(N)N)C(=O)N[C@@H](CCCN=C(N)N)C(=O)N[C@@H](CCCN=C(N)N)C(=O)O)nn6)C(C)(C)[C@@H]5CC[C@]43C)[C@@H]12. The van der Waals surface area contributed by atoms with Crippen LogP contribution in [0.15, 0.2) is 58.3 Å². The topological polar surface area (TPSA) is 880 Å². The van der Waals surface area contributed by atoms with Gasteiger partial charge in [-0.2, -0.15) is 0 Å². The fraction of sp³-hybridized carbons (Fsp3) is 0.729. The number of aryl methyl sites for hydroxylation is 1. The molecule has 42 N–H and O–H groups in total. The number of aliphatic imine (C=N–C) groups is 8. The predicted molar refractivity (Wildman–Crippen MR) is 507 cm³/mol. The zero-order chi connectivity index (χ0) is 99.6. The van der Waals surface area contributed by atoms with Crippen LogP contribution in [0.3, 0.4) is 0 Å². The molecule has 18 atom stereocenters. The number of nitrogens with one attached hydrogen (secondary N) is 8. The molecule has 5 fully saturated rings. The second kappa shape index (κ2) is 51.5. The smallest absolute Gasteiger partial charge is 0.326 e. The van der Waals surface area contributed by atoms with Crippen molar-refractivity contribution in [3.05, 3.63) is 24.0 Å². The van der Waals surface area contributed by atoms with Crippen LogP contribution in [0.2, 0.25) is 0 Å². The Bertz CT molecular complexity index is 4440. The van der Waals surface area contributed by atoms with Gasteiger partial charge in [0.25, 0.3) is 0 Å². The molecular formula is C85H151N35O14. The minimum Gasteiger partial charge on any atom is -0.481 e. The zero-order valence-corrected chi connectivity index (χ0v) is 78.5. The highest BCUT2D eigenvalue weighted by molar-refractivity contribution is 5.98. The third kappa shape index (κ3) is 32.0. The lowest BCUT2D eigenvalue weighted by Crippen LogP contribution is -2.67. The van der Waals surface area contributed by atoms with E-state index < -0.39 is 125 Å². The minimum atomic E-state index is -1.60. The third-order valence-electron chi connectivity index (χ3n) is 27.8. The Balaban J connectivity index is 1.20. The normalized spacial score (nSPS) is 23.4. The summed E-state index contributed by atoms with van der Waals surface area (Å²) < 4.78 is 7.68. The van der Waals surface area contributed by atoms with E-state index >= 15 is 14.4 Å². The molecule has 1 heterocycles. The summed E-state index contributed by atoms with van der Waals surface area (Å²) in [5.41, 5.74) is 90.2. The molecule has 0 saturated heterocycles. The van der Waals surface area contributed by atoms with Crippen LogP contribution in [-0.4, -0.2) is 245 Å². The Labute approximate surface area is 781 Å². The zero-order valence-electron chi connectivity index (χ0n) is 78.5. The Morgan fingerprint density at radius 2 is 0.761 bits per heavy atom. The highest BCUT2D eigenvalue weighted by Crippen LogP contribution is 2.78. The average molecular weight is 1890 g/mol. The molecule has 134 heavy (non-hydrogen) atoms. The van der Waals surface area contributed by atoms with Gasteiger partial charge in [0.15, 0.2) is 47.7 Å². The highest BCUT2D eigenvalue weighted by atomic mass is 16.5. The first-order valence-corrected chi connectivity index (χ1v) is 46.1. The van der Waals surface area contributed by atoms with E-state index in [2.05, 4.69) is 141 Å². The molecular weight excluding hydrogens is 1740 g/mol. The van der Waals surface area contributed by atoms with Gasteiger partial charge in [0, 0.05) is 70.4 Å². The molecule has 6 rings (SSSR count). The number of hydrogen-bond acceptors (Lipinski definition) is 22. The number of allylic oxidation sites excluding steroid dienone is 1. The first-order chi connectivity index (χ1) is 63.1. The summed E-state index contributed by atoms with van der Waals surface area (Å²) in [7, 11) is 0. The lowest BCUT2D eigenvalue weighted by Gasteiger charge is -2.72. The second-order valence-corrected chi connectivity index (χ2v) is 37.4. The number of rotatable bonds is 56. The molecule has 0 aliphatic heterocycles. The number of esters is 1. The van der Waals surface area contributed by atoms with Crippen LogP contribution in [0.4, 0.5) is 0 Å². The summed E-state index contributed by atoms with van der Waals surface area (Å²) in [4.78, 5) is 189. The van der Waals surface area contributed by atoms with E-state index in [-0.39, 0.29) is 267 Å². The number of carboxylic acid groups (broad SMARTS) is 2. The van der Waals surface area contributed by atoms with Crippen molar-refractivity contribution in [2.45, 2.75) is 282 Å². The van der Waals surface area contributed by atoms with Gasteiger partial charge in [-0.05, 0) is 220 Å². The Kier molecular flexibility index (Phi) is 42.2. The van der Waals surface area contributed by atoms with Crippen molar-refractivity contribution in [1.29, 1.82) is 0 Å². The number of ether oxygens (including phenoxy) is 1. The van der Waals surface area contributed by atoms with E-state index in [9.17, 15) is 48.6 Å². The van der Waals surface area contributed by atoms with Crippen molar-refractivity contribution in [1.82, 2.24) is 57.5 Å². The molecule has 5 aliphatic rings. The molecule has 49 heteroatoms. The van der Waals surface area contributed by atoms with Crippen molar-refractivity contribution in [2.24, 2.45) is 188 Å². The van der Waals surface area contributed by atoms with Crippen LogP contribution in [0, 0.1) is 56.7 Å². The summed E-state index contributed by atoms with van der Waals surface area (Å²) in [6, 6.07) is -12.2. The average Bonchev–Trinajstić information content (AvgIpc) is 1.31. The quantitative estimate of drug-likeness (QED) is 0.00957. The van der Waals surface area contributed by atoms with Crippen molar-refractivity contribution in [2.75, 3.05) is 52.4 Å². The molecule has 49 nitrogen and oxygen atoms in total. The molecule has 750 valence electrons. The fourth-order valence-electron chi connectivity index (χ4n) is 21.1. The van der Waals surface area contributed by atoms with Gasteiger partial charge in [-0.1, -0.05) is 52.0 Å². The molecule has 8 amide bonds. The number of aliphatic carboxylic acids is 2. The Morgan fingerprint density at radius 3 is 1.09 bits per heavy atom. The molecule has 0 radical (unpaired) electrons. The number of guanidine groups is 8. The number of nitrogens with zero attached hydrogens (tertiary/aromatic N) is 11. The minimum absolute atomic E-state index is 0.00242. The van der Waals surface area contributed by atoms with E-state index in [1.54, 1.807) is 0 Å². The molecule has 0 unspecified atom stereocenters. The summed E-state index contributed by atoms with van der Waals surface area (Å²) in [6.07, 6.45) is 8.80. The maximum atomic E-state index is 15.1. The molecule has 0 aromatic carbocycles. The third-order valence-corrected chi connectivity index (χ3v) is 27.8. The van der Waals surface area contributed by atoms with Crippen LogP contribution in [0.25, 0.3) is 0 Å². The first kappa shape index (κ1) is 110. The van der Waals surface area contributed by atoms with Gasteiger partial charge >= 0.3 is 17.9 Å². The highest BCUT2D eigenvalue weighted by Gasteiger charge is 2.72. The summed E-state index contributed by atoms with van der Waals surface area (Å²) in [6.45, 7) is 17.6. The lowest BCUT2D eigenvalue weighted by atomic mass is 9.32.